The van der Waals surface area contributed by atoms with Gasteiger partial charge < -0.3 is 10.0 Å². The number of carbonyl (C=O) groups is 2. The zero-order valence-corrected chi connectivity index (χ0v) is 12.1. The Kier molecular flexibility index (Phi) is 5.68. The zero-order valence-electron chi connectivity index (χ0n) is 12.1. The Morgan fingerprint density at radius 3 is 2.52 bits per heavy atom. The molecule has 0 aromatic carbocycles. The van der Waals surface area contributed by atoms with Gasteiger partial charge in [-0.1, -0.05) is 6.07 Å². The Bertz CT molecular complexity index is 470. The maximum Gasteiger partial charge on any atom is 0.303 e. The van der Waals surface area contributed by atoms with Crippen molar-refractivity contribution in [2.45, 2.75) is 25.8 Å². The number of piperazine rings is 1. The third-order valence-electron chi connectivity index (χ3n) is 3.62. The SMILES string of the molecule is O=C(O)CCCC(=O)N1CCN(Cc2ccccn2)CC1. The van der Waals surface area contributed by atoms with Gasteiger partial charge in [-0.05, 0) is 18.6 Å². The molecular formula is C15H21N3O3. The van der Waals surface area contributed by atoms with Gasteiger partial charge in [-0.3, -0.25) is 19.5 Å². The molecule has 2 rings (SSSR count). The van der Waals surface area contributed by atoms with Crippen molar-refractivity contribution in [2.75, 3.05) is 26.2 Å². The quantitative estimate of drug-likeness (QED) is 0.846. The Balaban J connectivity index is 1.70. The van der Waals surface area contributed by atoms with E-state index in [0.717, 1.165) is 25.3 Å². The molecule has 21 heavy (non-hydrogen) atoms. The van der Waals surface area contributed by atoms with Crippen LogP contribution in [0.2, 0.25) is 0 Å². The van der Waals surface area contributed by atoms with Gasteiger partial charge in [0.05, 0.1) is 5.69 Å². The number of aromatic nitrogens is 1. The molecule has 0 unspecified atom stereocenters. The number of rotatable bonds is 6. The molecule has 1 fully saturated rings. The van der Waals surface area contributed by atoms with Gasteiger partial charge in [-0.2, -0.15) is 0 Å². The smallest absolute Gasteiger partial charge is 0.303 e. The topological polar surface area (TPSA) is 73.7 Å². The second-order valence-corrected chi connectivity index (χ2v) is 5.23. The molecule has 0 radical (unpaired) electrons. The number of hydrogen-bond acceptors (Lipinski definition) is 4. The second kappa shape index (κ2) is 7.73. The molecule has 114 valence electrons. The van der Waals surface area contributed by atoms with Crippen molar-refractivity contribution in [1.82, 2.24) is 14.8 Å². The standard InChI is InChI=1S/C15H21N3O3/c19-14(5-3-6-15(20)21)18-10-8-17(9-11-18)12-13-4-1-2-7-16-13/h1-2,4,7H,3,5-6,8-12H2,(H,20,21). The maximum atomic E-state index is 11.9. The highest BCUT2D eigenvalue weighted by molar-refractivity contribution is 5.77. The van der Waals surface area contributed by atoms with E-state index in [1.807, 2.05) is 23.1 Å². The van der Waals surface area contributed by atoms with E-state index in [4.69, 9.17) is 5.11 Å². The van der Waals surface area contributed by atoms with Crippen molar-refractivity contribution in [3.05, 3.63) is 30.1 Å². The van der Waals surface area contributed by atoms with E-state index < -0.39 is 5.97 Å². The second-order valence-electron chi connectivity index (χ2n) is 5.23. The van der Waals surface area contributed by atoms with Gasteiger partial charge in [0.2, 0.25) is 5.91 Å². The highest BCUT2D eigenvalue weighted by Crippen LogP contribution is 2.09. The molecule has 1 saturated heterocycles. The summed E-state index contributed by atoms with van der Waals surface area (Å²) in [5.74, 6) is -0.781. The summed E-state index contributed by atoms with van der Waals surface area (Å²) in [7, 11) is 0. The van der Waals surface area contributed by atoms with E-state index in [1.54, 1.807) is 6.20 Å². The third-order valence-corrected chi connectivity index (χ3v) is 3.62. The van der Waals surface area contributed by atoms with Crippen molar-refractivity contribution in [1.29, 1.82) is 0 Å². The van der Waals surface area contributed by atoms with Gasteiger partial charge in [0.1, 0.15) is 0 Å². The highest BCUT2D eigenvalue weighted by atomic mass is 16.4. The van der Waals surface area contributed by atoms with Crippen LogP contribution in [0.5, 0.6) is 0 Å². The Labute approximate surface area is 124 Å². The van der Waals surface area contributed by atoms with Crippen LogP contribution in [0, 0.1) is 0 Å². The van der Waals surface area contributed by atoms with Crippen molar-refractivity contribution >= 4 is 11.9 Å². The predicted octanol–water partition coefficient (Wildman–Crippen LogP) is 0.981. The number of aliphatic carboxylic acids is 1. The number of hydrogen-bond donors (Lipinski definition) is 1. The lowest BCUT2D eigenvalue weighted by molar-refractivity contribution is -0.137. The minimum Gasteiger partial charge on any atom is -0.481 e. The molecule has 1 N–H and O–H groups in total. The number of amides is 1. The molecule has 1 aromatic rings. The van der Waals surface area contributed by atoms with Crippen molar-refractivity contribution in [3.63, 3.8) is 0 Å². The summed E-state index contributed by atoms with van der Waals surface area (Å²) in [6.07, 6.45) is 2.60. The molecule has 0 spiro atoms. The van der Waals surface area contributed by atoms with Crippen LogP contribution in [0.15, 0.2) is 24.4 Å². The summed E-state index contributed by atoms with van der Waals surface area (Å²) in [5, 5.41) is 8.57. The number of nitrogens with zero attached hydrogens (tertiary/aromatic N) is 3. The minimum absolute atomic E-state index is 0.0609. The molecule has 0 atom stereocenters. The summed E-state index contributed by atoms with van der Waals surface area (Å²) in [5.41, 5.74) is 1.04. The average molecular weight is 291 g/mol. The third kappa shape index (κ3) is 5.15. The fourth-order valence-electron chi connectivity index (χ4n) is 2.43. The van der Waals surface area contributed by atoms with E-state index in [0.29, 0.717) is 25.9 Å². The highest BCUT2D eigenvalue weighted by Gasteiger charge is 2.21. The molecule has 1 amide bonds. The Morgan fingerprint density at radius 1 is 1.14 bits per heavy atom. The molecular weight excluding hydrogens is 270 g/mol. The minimum atomic E-state index is -0.844. The van der Waals surface area contributed by atoms with Crippen LogP contribution < -0.4 is 0 Å². The van der Waals surface area contributed by atoms with Crippen LogP contribution in [0.1, 0.15) is 25.0 Å². The van der Waals surface area contributed by atoms with E-state index in [2.05, 4.69) is 9.88 Å². The molecule has 6 nitrogen and oxygen atoms in total. The van der Waals surface area contributed by atoms with Crippen LogP contribution in [-0.4, -0.2) is 57.9 Å². The molecule has 2 heterocycles. The largest absolute Gasteiger partial charge is 0.481 e. The summed E-state index contributed by atoms with van der Waals surface area (Å²) in [6.45, 7) is 3.89. The fraction of sp³-hybridized carbons (Fsp3) is 0.533. The van der Waals surface area contributed by atoms with Crippen molar-refractivity contribution in [3.8, 4) is 0 Å². The van der Waals surface area contributed by atoms with Crippen LogP contribution in [-0.2, 0) is 16.1 Å². The van der Waals surface area contributed by atoms with Gasteiger partial charge in [0.25, 0.3) is 0 Å². The van der Waals surface area contributed by atoms with E-state index >= 15 is 0 Å². The number of pyridine rings is 1. The van der Waals surface area contributed by atoms with Gasteiger partial charge >= 0.3 is 5.97 Å². The Hall–Kier alpha value is -1.95. The predicted molar refractivity (Wildman–Crippen MR) is 77.6 cm³/mol. The van der Waals surface area contributed by atoms with Gasteiger partial charge in [-0.15, -0.1) is 0 Å². The first-order chi connectivity index (χ1) is 10.1. The van der Waals surface area contributed by atoms with E-state index in [1.165, 1.54) is 0 Å². The average Bonchev–Trinajstić information content (AvgIpc) is 2.48. The lowest BCUT2D eigenvalue weighted by atomic mass is 10.2. The summed E-state index contributed by atoms with van der Waals surface area (Å²) in [4.78, 5) is 30.8. The number of carboxylic acids is 1. The van der Waals surface area contributed by atoms with Gasteiger partial charge in [0, 0.05) is 51.8 Å². The fourth-order valence-corrected chi connectivity index (χ4v) is 2.43. The molecule has 1 aliphatic rings. The van der Waals surface area contributed by atoms with Gasteiger partial charge in [0.15, 0.2) is 0 Å². The van der Waals surface area contributed by atoms with E-state index in [-0.39, 0.29) is 12.3 Å². The molecule has 0 saturated carbocycles. The summed E-state index contributed by atoms with van der Waals surface area (Å²) in [6, 6.07) is 5.88. The zero-order chi connectivity index (χ0) is 15.1. The number of carbonyl (C=O) groups excluding carboxylic acids is 1. The molecule has 0 bridgehead atoms. The van der Waals surface area contributed by atoms with Gasteiger partial charge in [-0.25, -0.2) is 0 Å². The van der Waals surface area contributed by atoms with Crippen LogP contribution in [0.3, 0.4) is 0 Å². The monoisotopic (exact) mass is 291 g/mol. The molecule has 0 aliphatic carbocycles. The van der Waals surface area contributed by atoms with Crippen LogP contribution >= 0.6 is 0 Å². The lowest BCUT2D eigenvalue weighted by Crippen LogP contribution is -2.48. The van der Waals surface area contributed by atoms with Crippen molar-refractivity contribution < 1.29 is 14.7 Å². The Morgan fingerprint density at radius 2 is 1.90 bits per heavy atom. The summed E-state index contributed by atoms with van der Waals surface area (Å²) < 4.78 is 0. The first kappa shape index (κ1) is 15.4. The summed E-state index contributed by atoms with van der Waals surface area (Å²) >= 11 is 0. The first-order valence-corrected chi connectivity index (χ1v) is 7.27. The molecule has 6 heteroatoms. The maximum absolute atomic E-state index is 11.9. The number of carboxylic acid groups (broad SMARTS) is 1. The molecule has 1 aliphatic heterocycles. The molecule has 1 aromatic heterocycles. The van der Waals surface area contributed by atoms with Crippen molar-refractivity contribution in [2.24, 2.45) is 0 Å². The first-order valence-electron chi connectivity index (χ1n) is 7.27. The van der Waals surface area contributed by atoms with Crippen LogP contribution in [0.4, 0.5) is 0 Å². The van der Waals surface area contributed by atoms with E-state index in [9.17, 15) is 9.59 Å². The normalized spacial score (nSPS) is 15.9. The lowest BCUT2D eigenvalue weighted by Gasteiger charge is -2.34. The van der Waals surface area contributed by atoms with Crippen LogP contribution in [0.25, 0.3) is 0 Å².